The second-order valence-electron chi connectivity index (χ2n) is 2.11. The molecule has 1 rings (SSSR count). The third-order valence-electron chi connectivity index (χ3n) is 1.31. The van der Waals surface area contributed by atoms with E-state index in [1.54, 1.807) is 12.2 Å². The molecular weight excluding hydrogens is 165 g/mol. The van der Waals surface area contributed by atoms with Crippen LogP contribution in [0.15, 0.2) is 23.9 Å². The van der Waals surface area contributed by atoms with Crippen molar-refractivity contribution < 1.29 is 39.1 Å². The quantitative estimate of drug-likeness (QED) is 0.281. The Morgan fingerprint density at radius 2 is 2.42 bits per heavy atom. The minimum absolute atomic E-state index is 0. The molecule has 1 aliphatic rings. The maximum absolute atomic E-state index is 11.0. The molecule has 0 aromatic heterocycles. The number of hydrogen-bond donors (Lipinski definition) is 0. The van der Waals surface area contributed by atoms with Crippen LogP contribution in [0.2, 0.25) is 0 Å². The van der Waals surface area contributed by atoms with Crippen molar-refractivity contribution in [1.29, 1.82) is 0 Å². The van der Waals surface area contributed by atoms with Gasteiger partial charge in [-0.3, -0.25) is 4.79 Å². The van der Waals surface area contributed by atoms with Crippen molar-refractivity contribution in [3.63, 3.8) is 0 Å². The molecule has 0 aliphatic carbocycles. The summed E-state index contributed by atoms with van der Waals surface area (Å²) >= 11 is 0. The van der Waals surface area contributed by atoms with E-state index >= 15 is 0 Å². The molecule has 0 amide bonds. The number of nitrogens with zero attached hydrogens (tertiary/aromatic N) is 1. The predicted octanol–water partition coefficient (Wildman–Crippen LogP) is -2.02. The Labute approximate surface area is 93.2 Å². The largest absolute Gasteiger partial charge is 1.00 e. The number of carbonyl (C=O) groups is 2. The van der Waals surface area contributed by atoms with E-state index in [2.05, 4.69) is 5.32 Å². The number of ketones is 1. The van der Waals surface area contributed by atoms with Crippen molar-refractivity contribution in [2.75, 3.05) is 6.54 Å². The van der Waals surface area contributed by atoms with Gasteiger partial charge in [-0.1, -0.05) is 17.8 Å². The van der Waals surface area contributed by atoms with E-state index in [0.717, 1.165) is 0 Å². The van der Waals surface area contributed by atoms with Gasteiger partial charge in [-0.2, -0.15) is 0 Å². The molecule has 4 heteroatoms. The van der Waals surface area contributed by atoms with Crippen molar-refractivity contribution in [2.24, 2.45) is 0 Å². The van der Waals surface area contributed by atoms with Crippen molar-refractivity contribution in [2.45, 2.75) is 6.42 Å². The molecule has 0 saturated heterocycles. The number of aldehydes is 1. The molecule has 0 fully saturated rings. The first-order valence-electron chi connectivity index (χ1n) is 3.36. The van der Waals surface area contributed by atoms with Crippen LogP contribution in [0, 0.1) is 0 Å². The van der Waals surface area contributed by atoms with Crippen LogP contribution in [0.4, 0.5) is 0 Å². The fourth-order valence-electron chi connectivity index (χ4n) is 0.785. The first kappa shape index (κ1) is 11.6. The van der Waals surface area contributed by atoms with Crippen molar-refractivity contribution in [1.82, 2.24) is 0 Å². The summed E-state index contributed by atoms with van der Waals surface area (Å²) in [6.07, 6.45) is 5.76. The van der Waals surface area contributed by atoms with Crippen LogP contribution in [-0.2, 0) is 9.59 Å². The van der Waals surface area contributed by atoms with Gasteiger partial charge in [-0.05, 0) is 0 Å². The molecule has 0 unspecified atom stereocenters. The molecule has 0 aromatic carbocycles. The van der Waals surface area contributed by atoms with Crippen LogP contribution >= 0.6 is 0 Å². The third-order valence-corrected chi connectivity index (χ3v) is 1.31. The van der Waals surface area contributed by atoms with Gasteiger partial charge >= 0.3 is 29.6 Å². The standard InChI is InChI=1S/C8H8NO2.Na/c10-6-4-8(11)7-3-1-2-5-9-7;/h1-3,6H,4-5H2;/q-1;+1. The molecule has 0 radical (unpaired) electrons. The van der Waals surface area contributed by atoms with Gasteiger partial charge in [0, 0.05) is 0 Å². The summed E-state index contributed by atoms with van der Waals surface area (Å²) in [4.78, 5) is 20.9. The summed E-state index contributed by atoms with van der Waals surface area (Å²) in [6, 6.07) is 0. The van der Waals surface area contributed by atoms with Gasteiger partial charge in [0.25, 0.3) is 0 Å². The maximum atomic E-state index is 11.0. The van der Waals surface area contributed by atoms with Gasteiger partial charge in [-0.25, -0.2) is 0 Å². The molecule has 3 nitrogen and oxygen atoms in total. The van der Waals surface area contributed by atoms with Gasteiger partial charge in [0.2, 0.25) is 0 Å². The average Bonchev–Trinajstić information content (AvgIpc) is 2.07. The number of hydrogen-bond acceptors (Lipinski definition) is 2. The van der Waals surface area contributed by atoms with Crippen LogP contribution in [0.1, 0.15) is 6.42 Å². The molecule has 58 valence electrons. The van der Waals surface area contributed by atoms with Crippen molar-refractivity contribution in [3.05, 3.63) is 29.2 Å². The Kier molecular flexibility index (Phi) is 5.98. The zero-order valence-electron chi connectivity index (χ0n) is 6.99. The second kappa shape index (κ2) is 6.17. The first-order valence-corrected chi connectivity index (χ1v) is 3.36. The Hall–Kier alpha value is -0.380. The Morgan fingerprint density at radius 3 is 2.92 bits per heavy atom. The SMILES string of the molecule is O=CCC(=O)C1=CC=CC[N-]1.[Na+]. The molecule has 0 spiro atoms. The molecule has 12 heavy (non-hydrogen) atoms. The van der Waals surface area contributed by atoms with Gasteiger partial charge in [0.15, 0.2) is 0 Å². The Bertz CT molecular complexity index is 233. The van der Waals surface area contributed by atoms with E-state index in [1.165, 1.54) is 0 Å². The van der Waals surface area contributed by atoms with E-state index < -0.39 is 0 Å². The summed E-state index contributed by atoms with van der Waals surface area (Å²) in [5.41, 5.74) is 0.402. The number of carbonyl (C=O) groups excluding carboxylic acids is 2. The molecule has 0 aromatic rings. The molecule has 1 aliphatic heterocycles. The molecule has 0 bridgehead atoms. The molecule has 0 saturated carbocycles. The van der Waals surface area contributed by atoms with Crippen molar-refractivity contribution in [3.8, 4) is 0 Å². The van der Waals surface area contributed by atoms with Crippen LogP contribution in [0.3, 0.4) is 0 Å². The van der Waals surface area contributed by atoms with E-state index in [-0.39, 0.29) is 41.8 Å². The summed E-state index contributed by atoms with van der Waals surface area (Å²) in [7, 11) is 0. The first-order chi connectivity index (χ1) is 5.34. The number of Topliss-reactive ketones (excluding diaryl/α,β-unsaturated/α-hetero) is 1. The molecule has 1 heterocycles. The summed E-state index contributed by atoms with van der Waals surface area (Å²) in [5, 5.41) is 3.91. The predicted molar refractivity (Wildman–Crippen MR) is 41.1 cm³/mol. The van der Waals surface area contributed by atoms with Crippen molar-refractivity contribution >= 4 is 12.1 Å². The number of rotatable bonds is 3. The maximum Gasteiger partial charge on any atom is 1.00 e. The topological polar surface area (TPSA) is 48.2 Å². The molecule has 0 N–H and O–H groups in total. The van der Waals surface area contributed by atoms with Crippen LogP contribution in [-0.4, -0.2) is 18.6 Å². The Morgan fingerprint density at radius 1 is 1.67 bits per heavy atom. The third kappa shape index (κ3) is 3.34. The van der Waals surface area contributed by atoms with Gasteiger partial charge in [0.1, 0.15) is 12.1 Å². The summed E-state index contributed by atoms with van der Waals surface area (Å²) < 4.78 is 0. The van der Waals surface area contributed by atoms with Gasteiger partial charge in [0.05, 0.1) is 6.42 Å². The monoisotopic (exact) mass is 173 g/mol. The van der Waals surface area contributed by atoms with Gasteiger partial charge in [-0.15, -0.1) is 12.6 Å². The molecular formula is C8H8NNaO2. The zero-order valence-corrected chi connectivity index (χ0v) is 8.99. The smallest absolute Gasteiger partial charge is 0.678 e. The summed E-state index contributed by atoms with van der Waals surface area (Å²) in [5.74, 6) is -0.204. The minimum atomic E-state index is -0.204. The van der Waals surface area contributed by atoms with E-state index in [9.17, 15) is 9.59 Å². The van der Waals surface area contributed by atoms with E-state index in [1.807, 2.05) is 6.08 Å². The molecule has 0 atom stereocenters. The summed E-state index contributed by atoms with van der Waals surface area (Å²) in [6.45, 7) is 0.538. The van der Waals surface area contributed by atoms with Crippen LogP contribution in [0.5, 0.6) is 0 Å². The van der Waals surface area contributed by atoms with E-state index in [4.69, 9.17) is 0 Å². The van der Waals surface area contributed by atoms with E-state index in [0.29, 0.717) is 18.5 Å². The fourth-order valence-corrected chi connectivity index (χ4v) is 0.785. The fraction of sp³-hybridized carbons (Fsp3) is 0.250. The second-order valence-corrected chi connectivity index (χ2v) is 2.11. The van der Waals surface area contributed by atoms with Gasteiger partial charge < -0.3 is 10.1 Å². The Balaban J connectivity index is 0.00000121. The average molecular weight is 173 g/mol. The minimum Gasteiger partial charge on any atom is -0.678 e. The normalized spacial score (nSPS) is 13.8. The number of allylic oxidation sites excluding steroid dienone is 3. The van der Waals surface area contributed by atoms with Crippen LogP contribution < -0.4 is 29.6 Å². The zero-order chi connectivity index (χ0) is 8.10. The van der Waals surface area contributed by atoms with Crippen LogP contribution in [0.25, 0.3) is 5.32 Å².